The number of carbonyl (C=O) groups is 1. The maximum absolute atomic E-state index is 13.6. The Labute approximate surface area is 161 Å². The summed E-state index contributed by atoms with van der Waals surface area (Å²) < 4.78 is 54.4. The second kappa shape index (κ2) is 7.34. The van der Waals surface area contributed by atoms with Crippen LogP contribution in [0.4, 0.5) is 23.2 Å². The normalized spacial score (nSPS) is 11.2. The van der Waals surface area contributed by atoms with E-state index in [2.05, 4.69) is 15.4 Å². The number of aromatic nitrogens is 3. The van der Waals surface area contributed by atoms with E-state index in [1.807, 2.05) is 0 Å². The maximum atomic E-state index is 13.6. The fourth-order valence-corrected chi connectivity index (χ4v) is 2.83. The average molecular weight is 400 g/mol. The summed E-state index contributed by atoms with van der Waals surface area (Å²) in [5.41, 5.74) is 0.235. The van der Waals surface area contributed by atoms with Gasteiger partial charge in [0.15, 0.2) is 17.3 Å². The van der Waals surface area contributed by atoms with Crippen molar-refractivity contribution in [2.24, 2.45) is 0 Å². The highest BCUT2D eigenvalue weighted by atomic mass is 19.3. The molecular formula is C20H12F4N4O. The third-order valence-electron chi connectivity index (χ3n) is 4.21. The number of hydrogen-bond acceptors (Lipinski definition) is 3. The van der Waals surface area contributed by atoms with Crippen LogP contribution in [0.2, 0.25) is 0 Å². The summed E-state index contributed by atoms with van der Waals surface area (Å²) >= 11 is 0. The Bertz CT molecular complexity index is 1210. The van der Waals surface area contributed by atoms with Crippen molar-refractivity contribution in [3.63, 3.8) is 0 Å². The molecule has 0 aliphatic rings. The third kappa shape index (κ3) is 3.54. The minimum absolute atomic E-state index is 0.00143. The first-order valence-corrected chi connectivity index (χ1v) is 8.42. The van der Waals surface area contributed by atoms with Crippen molar-refractivity contribution in [2.45, 2.75) is 6.43 Å². The molecule has 0 fully saturated rings. The van der Waals surface area contributed by atoms with Gasteiger partial charge in [0.1, 0.15) is 11.3 Å². The molecule has 0 unspecified atom stereocenters. The summed E-state index contributed by atoms with van der Waals surface area (Å²) in [5, 5.41) is 6.23. The van der Waals surface area contributed by atoms with Crippen molar-refractivity contribution in [3.05, 3.63) is 83.7 Å². The summed E-state index contributed by atoms with van der Waals surface area (Å²) in [6.07, 6.45) is -1.76. The van der Waals surface area contributed by atoms with E-state index >= 15 is 0 Å². The number of amides is 1. The van der Waals surface area contributed by atoms with Gasteiger partial charge in [0.05, 0.1) is 11.9 Å². The molecule has 5 nitrogen and oxygen atoms in total. The highest BCUT2D eigenvalue weighted by Crippen LogP contribution is 2.27. The zero-order valence-corrected chi connectivity index (χ0v) is 14.6. The number of nitrogens with one attached hydrogen (secondary N) is 1. The monoisotopic (exact) mass is 400 g/mol. The van der Waals surface area contributed by atoms with Crippen LogP contribution in [-0.4, -0.2) is 20.5 Å². The number of carbonyl (C=O) groups excluding carboxylic acids is 1. The topological polar surface area (TPSA) is 59.3 Å². The SMILES string of the molecule is O=C(Nc1ccc(F)c(F)c1)c1cnn2c(C(F)F)cc(-c3ccccc3)nc12. The van der Waals surface area contributed by atoms with Gasteiger partial charge in [0.2, 0.25) is 0 Å². The molecule has 0 aliphatic carbocycles. The zero-order valence-electron chi connectivity index (χ0n) is 14.6. The van der Waals surface area contributed by atoms with E-state index in [-0.39, 0.29) is 22.6 Å². The minimum atomic E-state index is -2.86. The molecule has 9 heteroatoms. The number of nitrogens with zero attached hydrogens (tertiary/aromatic N) is 3. The van der Waals surface area contributed by atoms with Crippen molar-refractivity contribution < 1.29 is 22.4 Å². The van der Waals surface area contributed by atoms with E-state index in [0.29, 0.717) is 5.56 Å². The lowest BCUT2D eigenvalue weighted by Crippen LogP contribution is -2.13. The van der Waals surface area contributed by atoms with Crippen LogP contribution >= 0.6 is 0 Å². The van der Waals surface area contributed by atoms with Crippen molar-refractivity contribution in [2.75, 3.05) is 5.32 Å². The molecule has 4 rings (SSSR count). The number of benzene rings is 2. The predicted octanol–water partition coefficient (Wildman–Crippen LogP) is 4.86. The predicted molar refractivity (Wildman–Crippen MR) is 97.7 cm³/mol. The van der Waals surface area contributed by atoms with Crippen LogP contribution in [0.15, 0.2) is 60.8 Å². The largest absolute Gasteiger partial charge is 0.322 e. The van der Waals surface area contributed by atoms with Crippen molar-refractivity contribution in [1.29, 1.82) is 0 Å². The van der Waals surface area contributed by atoms with E-state index in [4.69, 9.17) is 0 Å². The number of anilines is 1. The first-order valence-electron chi connectivity index (χ1n) is 8.42. The van der Waals surface area contributed by atoms with Gasteiger partial charge in [-0.05, 0) is 18.2 Å². The second-order valence-electron chi connectivity index (χ2n) is 6.11. The Morgan fingerprint density at radius 1 is 1.00 bits per heavy atom. The fraction of sp³-hybridized carbons (Fsp3) is 0.0500. The van der Waals surface area contributed by atoms with E-state index in [0.717, 1.165) is 22.8 Å². The fourth-order valence-electron chi connectivity index (χ4n) is 2.83. The van der Waals surface area contributed by atoms with Crippen LogP contribution in [0, 0.1) is 11.6 Å². The minimum Gasteiger partial charge on any atom is -0.322 e. The van der Waals surface area contributed by atoms with Crippen molar-refractivity contribution in [3.8, 4) is 11.3 Å². The molecule has 0 bridgehead atoms. The number of halogens is 4. The van der Waals surface area contributed by atoms with E-state index in [1.165, 1.54) is 12.1 Å². The average Bonchev–Trinajstić information content (AvgIpc) is 3.14. The van der Waals surface area contributed by atoms with Gasteiger partial charge in [-0.15, -0.1) is 0 Å². The van der Waals surface area contributed by atoms with E-state index in [1.54, 1.807) is 30.3 Å². The van der Waals surface area contributed by atoms with Gasteiger partial charge >= 0.3 is 0 Å². The van der Waals surface area contributed by atoms with Crippen LogP contribution < -0.4 is 5.32 Å². The molecule has 4 aromatic rings. The summed E-state index contributed by atoms with van der Waals surface area (Å²) in [5.74, 6) is -2.94. The lowest BCUT2D eigenvalue weighted by molar-refractivity contribution is 0.102. The van der Waals surface area contributed by atoms with Gasteiger partial charge < -0.3 is 5.32 Å². The van der Waals surface area contributed by atoms with Crippen LogP contribution in [0.5, 0.6) is 0 Å². The molecule has 29 heavy (non-hydrogen) atoms. The molecule has 0 spiro atoms. The number of rotatable bonds is 4. The molecule has 146 valence electrons. The van der Waals surface area contributed by atoms with Gasteiger partial charge in [-0.3, -0.25) is 4.79 Å². The van der Waals surface area contributed by atoms with Crippen LogP contribution in [-0.2, 0) is 0 Å². The van der Waals surface area contributed by atoms with Crippen molar-refractivity contribution in [1.82, 2.24) is 14.6 Å². The molecule has 0 aliphatic heterocycles. The molecule has 1 N–H and O–H groups in total. The van der Waals surface area contributed by atoms with Gasteiger partial charge in [-0.1, -0.05) is 30.3 Å². The van der Waals surface area contributed by atoms with Gasteiger partial charge in [-0.2, -0.15) is 5.10 Å². The summed E-state index contributed by atoms with van der Waals surface area (Å²) in [4.78, 5) is 16.9. The standard InChI is InChI=1S/C20H12F4N4O/c21-14-7-6-12(8-15(14)22)26-20(29)13-10-25-28-17(18(23)24)9-16(27-19(13)28)11-4-2-1-3-5-11/h1-10,18H,(H,26,29). The summed E-state index contributed by atoms with van der Waals surface area (Å²) in [6, 6.07) is 12.7. The molecule has 0 saturated carbocycles. The van der Waals surface area contributed by atoms with Crippen molar-refractivity contribution >= 4 is 17.2 Å². The highest BCUT2D eigenvalue weighted by Gasteiger charge is 2.21. The molecule has 0 saturated heterocycles. The Balaban J connectivity index is 1.79. The summed E-state index contributed by atoms with van der Waals surface area (Å²) in [6.45, 7) is 0. The van der Waals surface area contributed by atoms with Gasteiger partial charge in [0, 0.05) is 17.3 Å². The Kier molecular flexibility index (Phi) is 4.71. The molecule has 2 aromatic heterocycles. The van der Waals surface area contributed by atoms with Gasteiger partial charge in [0.25, 0.3) is 12.3 Å². The maximum Gasteiger partial charge on any atom is 0.280 e. The zero-order chi connectivity index (χ0) is 20.5. The van der Waals surface area contributed by atoms with E-state index < -0.39 is 29.7 Å². The molecular weight excluding hydrogens is 388 g/mol. The van der Waals surface area contributed by atoms with E-state index in [9.17, 15) is 22.4 Å². The highest BCUT2D eigenvalue weighted by molar-refractivity contribution is 6.08. The smallest absolute Gasteiger partial charge is 0.280 e. The molecule has 1 amide bonds. The van der Waals surface area contributed by atoms with Crippen LogP contribution in [0.3, 0.4) is 0 Å². The second-order valence-corrected chi connectivity index (χ2v) is 6.11. The molecule has 0 radical (unpaired) electrons. The third-order valence-corrected chi connectivity index (χ3v) is 4.21. The van der Waals surface area contributed by atoms with Crippen LogP contribution in [0.25, 0.3) is 16.9 Å². The Hall–Kier alpha value is -3.75. The number of fused-ring (bicyclic) bond motifs is 1. The van der Waals surface area contributed by atoms with Gasteiger partial charge in [-0.25, -0.2) is 27.1 Å². The first kappa shape index (κ1) is 18.6. The lowest BCUT2D eigenvalue weighted by atomic mass is 10.1. The summed E-state index contributed by atoms with van der Waals surface area (Å²) in [7, 11) is 0. The Morgan fingerprint density at radius 2 is 1.76 bits per heavy atom. The molecule has 2 heterocycles. The first-order chi connectivity index (χ1) is 13.9. The number of hydrogen-bond donors (Lipinski definition) is 1. The number of alkyl halides is 2. The quantitative estimate of drug-likeness (QED) is 0.498. The van der Waals surface area contributed by atoms with Crippen LogP contribution in [0.1, 0.15) is 22.5 Å². The lowest BCUT2D eigenvalue weighted by Gasteiger charge is -2.09. The molecule has 2 aromatic carbocycles. The Morgan fingerprint density at radius 3 is 2.45 bits per heavy atom. The molecule has 0 atom stereocenters.